The molecule has 110 valence electrons. The van der Waals surface area contributed by atoms with E-state index in [1.165, 1.54) is 0 Å². The predicted molar refractivity (Wildman–Crippen MR) is 75.1 cm³/mol. The lowest BCUT2D eigenvalue weighted by molar-refractivity contribution is 0.0944. The molecule has 1 aliphatic heterocycles. The lowest BCUT2D eigenvalue weighted by atomic mass is 10.3. The first-order valence-electron chi connectivity index (χ1n) is 6.25. The zero-order valence-electron chi connectivity index (χ0n) is 11.0. The Bertz CT molecular complexity index is 659. The SMILES string of the molecule is NNC(=O)c1cc(CSc2ccc3c(c2)OCCO3)on1. The average Bonchev–Trinajstić information content (AvgIpc) is 3.01. The van der Waals surface area contributed by atoms with Crippen molar-refractivity contribution in [1.82, 2.24) is 10.6 Å². The summed E-state index contributed by atoms with van der Waals surface area (Å²) < 4.78 is 16.1. The Balaban J connectivity index is 1.65. The number of carbonyl (C=O) groups excluding carboxylic acids is 1. The van der Waals surface area contributed by atoms with E-state index in [1.807, 2.05) is 23.6 Å². The van der Waals surface area contributed by atoms with Crippen LogP contribution in [0.15, 0.2) is 33.7 Å². The second-order valence-corrected chi connectivity index (χ2v) is 5.29. The summed E-state index contributed by atoms with van der Waals surface area (Å²) >= 11 is 1.55. The fourth-order valence-electron chi connectivity index (χ4n) is 1.83. The highest BCUT2D eigenvalue weighted by Crippen LogP contribution is 2.35. The molecule has 1 aromatic carbocycles. The van der Waals surface area contributed by atoms with E-state index in [4.69, 9.17) is 19.8 Å². The van der Waals surface area contributed by atoms with Crippen LogP contribution < -0.4 is 20.7 Å². The van der Waals surface area contributed by atoms with Crippen molar-refractivity contribution in [1.29, 1.82) is 0 Å². The van der Waals surface area contributed by atoms with Gasteiger partial charge in [-0.25, -0.2) is 5.84 Å². The smallest absolute Gasteiger partial charge is 0.287 e. The van der Waals surface area contributed by atoms with E-state index in [0.717, 1.165) is 16.4 Å². The Hall–Kier alpha value is -2.19. The van der Waals surface area contributed by atoms with Crippen LogP contribution in [0, 0.1) is 0 Å². The Kier molecular flexibility index (Phi) is 3.98. The molecule has 0 fully saturated rings. The molecule has 0 saturated heterocycles. The fourth-order valence-corrected chi connectivity index (χ4v) is 2.63. The van der Waals surface area contributed by atoms with Crippen LogP contribution in [0.5, 0.6) is 11.5 Å². The Morgan fingerprint density at radius 2 is 2.10 bits per heavy atom. The van der Waals surface area contributed by atoms with Gasteiger partial charge in [0.05, 0.1) is 5.75 Å². The summed E-state index contributed by atoms with van der Waals surface area (Å²) in [6, 6.07) is 7.31. The van der Waals surface area contributed by atoms with Crippen molar-refractivity contribution in [2.75, 3.05) is 13.2 Å². The molecule has 0 atom stereocenters. The molecular weight excluding hydrogens is 294 g/mol. The van der Waals surface area contributed by atoms with Gasteiger partial charge in [-0.2, -0.15) is 0 Å². The van der Waals surface area contributed by atoms with Gasteiger partial charge in [0.25, 0.3) is 5.91 Å². The summed E-state index contributed by atoms with van der Waals surface area (Å²) in [5.41, 5.74) is 2.17. The van der Waals surface area contributed by atoms with Crippen LogP contribution in [-0.4, -0.2) is 24.3 Å². The van der Waals surface area contributed by atoms with Gasteiger partial charge in [0.1, 0.15) is 19.0 Å². The summed E-state index contributed by atoms with van der Waals surface area (Å²) in [7, 11) is 0. The van der Waals surface area contributed by atoms with Gasteiger partial charge < -0.3 is 14.0 Å². The van der Waals surface area contributed by atoms with E-state index in [1.54, 1.807) is 17.8 Å². The summed E-state index contributed by atoms with van der Waals surface area (Å²) in [4.78, 5) is 12.3. The highest BCUT2D eigenvalue weighted by atomic mass is 32.2. The van der Waals surface area contributed by atoms with Crippen LogP contribution in [-0.2, 0) is 5.75 Å². The summed E-state index contributed by atoms with van der Waals surface area (Å²) in [5, 5.41) is 3.64. The van der Waals surface area contributed by atoms with Crippen molar-refractivity contribution in [3.63, 3.8) is 0 Å². The maximum absolute atomic E-state index is 11.3. The third-order valence-corrected chi connectivity index (χ3v) is 3.83. The van der Waals surface area contributed by atoms with Crippen LogP contribution in [0.25, 0.3) is 0 Å². The zero-order valence-corrected chi connectivity index (χ0v) is 11.8. The molecule has 3 N–H and O–H groups in total. The van der Waals surface area contributed by atoms with E-state index in [-0.39, 0.29) is 5.69 Å². The molecule has 0 spiro atoms. The number of aromatic nitrogens is 1. The summed E-state index contributed by atoms with van der Waals surface area (Å²) in [5.74, 6) is 7.19. The Morgan fingerprint density at radius 1 is 1.29 bits per heavy atom. The maximum atomic E-state index is 11.3. The van der Waals surface area contributed by atoms with Crippen LogP contribution >= 0.6 is 11.8 Å². The molecule has 21 heavy (non-hydrogen) atoms. The molecule has 2 aromatic rings. The lowest BCUT2D eigenvalue weighted by Crippen LogP contribution is -2.30. The van der Waals surface area contributed by atoms with E-state index >= 15 is 0 Å². The molecule has 0 saturated carbocycles. The van der Waals surface area contributed by atoms with Gasteiger partial charge in [-0.05, 0) is 18.2 Å². The van der Waals surface area contributed by atoms with E-state index in [0.29, 0.717) is 24.7 Å². The first kappa shape index (κ1) is 13.8. The molecule has 0 bridgehead atoms. The molecule has 0 aliphatic carbocycles. The second-order valence-electron chi connectivity index (χ2n) is 4.25. The van der Waals surface area contributed by atoms with Gasteiger partial charge in [-0.15, -0.1) is 11.8 Å². The number of hydrazine groups is 1. The number of rotatable bonds is 4. The predicted octanol–water partition coefficient (Wildman–Crippen LogP) is 1.34. The average molecular weight is 307 g/mol. The Labute approximate surface area is 124 Å². The number of nitrogen functional groups attached to an aromatic ring is 1. The molecule has 1 amide bonds. The largest absolute Gasteiger partial charge is 0.486 e. The third-order valence-electron chi connectivity index (χ3n) is 2.82. The van der Waals surface area contributed by atoms with Crippen molar-refractivity contribution < 1.29 is 18.8 Å². The number of thioether (sulfide) groups is 1. The Morgan fingerprint density at radius 3 is 2.90 bits per heavy atom. The minimum Gasteiger partial charge on any atom is -0.486 e. The highest BCUT2D eigenvalue weighted by molar-refractivity contribution is 7.98. The topological polar surface area (TPSA) is 99.6 Å². The number of carbonyl (C=O) groups is 1. The normalized spacial score (nSPS) is 13.0. The number of nitrogens with zero attached hydrogens (tertiary/aromatic N) is 1. The van der Waals surface area contributed by atoms with Crippen LogP contribution in [0.1, 0.15) is 16.2 Å². The molecule has 0 unspecified atom stereocenters. The number of hydrogen-bond donors (Lipinski definition) is 2. The molecule has 1 aromatic heterocycles. The lowest BCUT2D eigenvalue weighted by Gasteiger charge is -2.18. The van der Waals surface area contributed by atoms with Gasteiger partial charge >= 0.3 is 0 Å². The quantitative estimate of drug-likeness (QED) is 0.380. The maximum Gasteiger partial charge on any atom is 0.287 e. The van der Waals surface area contributed by atoms with E-state index < -0.39 is 5.91 Å². The minimum atomic E-state index is -0.477. The minimum absolute atomic E-state index is 0.162. The number of nitrogens with one attached hydrogen (secondary N) is 1. The van der Waals surface area contributed by atoms with Gasteiger partial charge in [-0.3, -0.25) is 10.2 Å². The molecule has 3 rings (SSSR count). The number of fused-ring (bicyclic) bond motifs is 1. The summed E-state index contributed by atoms with van der Waals surface area (Å²) in [6.07, 6.45) is 0. The number of nitrogens with two attached hydrogens (primary N) is 1. The van der Waals surface area contributed by atoms with Crippen molar-refractivity contribution in [2.24, 2.45) is 5.84 Å². The molecule has 1 aliphatic rings. The number of benzene rings is 1. The van der Waals surface area contributed by atoms with Gasteiger partial charge in [0, 0.05) is 11.0 Å². The molecular formula is C13H13N3O4S. The van der Waals surface area contributed by atoms with Gasteiger partial charge in [-0.1, -0.05) is 5.16 Å². The van der Waals surface area contributed by atoms with Gasteiger partial charge in [0.2, 0.25) is 0 Å². The van der Waals surface area contributed by atoms with E-state index in [9.17, 15) is 4.79 Å². The van der Waals surface area contributed by atoms with Crippen LogP contribution in [0.2, 0.25) is 0 Å². The van der Waals surface area contributed by atoms with Crippen molar-refractivity contribution >= 4 is 17.7 Å². The van der Waals surface area contributed by atoms with E-state index in [2.05, 4.69) is 5.16 Å². The first-order valence-corrected chi connectivity index (χ1v) is 7.24. The summed E-state index contributed by atoms with van der Waals surface area (Å²) in [6.45, 7) is 1.13. The van der Waals surface area contributed by atoms with Crippen molar-refractivity contribution in [3.8, 4) is 11.5 Å². The molecule has 2 heterocycles. The number of amides is 1. The highest BCUT2D eigenvalue weighted by Gasteiger charge is 2.14. The van der Waals surface area contributed by atoms with Crippen molar-refractivity contribution in [2.45, 2.75) is 10.6 Å². The fraction of sp³-hybridized carbons (Fsp3) is 0.231. The number of ether oxygens (including phenoxy) is 2. The third kappa shape index (κ3) is 3.11. The zero-order chi connectivity index (χ0) is 14.7. The van der Waals surface area contributed by atoms with Crippen molar-refractivity contribution in [3.05, 3.63) is 35.7 Å². The van der Waals surface area contributed by atoms with Crippen LogP contribution in [0.3, 0.4) is 0 Å². The first-order chi connectivity index (χ1) is 10.3. The molecule has 7 nitrogen and oxygen atoms in total. The van der Waals surface area contributed by atoms with Crippen LogP contribution in [0.4, 0.5) is 0 Å². The standard InChI is InChI=1S/C13H13N3O4S/c14-15-13(17)10-5-8(20-16-10)7-21-9-1-2-11-12(6-9)19-4-3-18-11/h1-2,5-6H,3-4,7,14H2,(H,15,17). The number of hydrogen-bond acceptors (Lipinski definition) is 7. The van der Waals surface area contributed by atoms with Gasteiger partial charge in [0.15, 0.2) is 17.2 Å². The monoisotopic (exact) mass is 307 g/mol. The second kappa shape index (κ2) is 6.06. The molecule has 8 heteroatoms. The molecule has 0 radical (unpaired) electrons.